The molecule has 0 aromatic rings. The van der Waals surface area contributed by atoms with Gasteiger partial charge in [0.15, 0.2) is 0 Å². The summed E-state index contributed by atoms with van der Waals surface area (Å²) in [6, 6.07) is 0.570. The van der Waals surface area contributed by atoms with Crippen LogP contribution >= 0.6 is 0 Å². The quantitative estimate of drug-likeness (QED) is 0.716. The number of hydrogen-bond donors (Lipinski definition) is 1. The van der Waals surface area contributed by atoms with E-state index in [-0.39, 0.29) is 0 Å². The highest BCUT2D eigenvalue weighted by molar-refractivity contribution is 4.80. The second kappa shape index (κ2) is 7.25. The van der Waals surface area contributed by atoms with Gasteiger partial charge in [0.1, 0.15) is 0 Å². The van der Waals surface area contributed by atoms with Crippen LogP contribution in [0.3, 0.4) is 0 Å². The lowest BCUT2D eigenvalue weighted by atomic mass is 10.1. The van der Waals surface area contributed by atoms with Gasteiger partial charge in [-0.1, -0.05) is 13.8 Å². The molecular weight excluding hydrogens is 200 g/mol. The van der Waals surface area contributed by atoms with Crippen molar-refractivity contribution >= 4 is 0 Å². The minimum absolute atomic E-state index is 0.570. The molecule has 2 unspecified atom stereocenters. The zero-order valence-electron chi connectivity index (χ0n) is 11.3. The van der Waals surface area contributed by atoms with E-state index < -0.39 is 0 Å². The summed E-state index contributed by atoms with van der Waals surface area (Å²) in [5.74, 6) is 1.59. The lowest BCUT2D eigenvalue weighted by Gasteiger charge is -2.23. The van der Waals surface area contributed by atoms with E-state index in [1.54, 1.807) is 7.11 Å². The molecule has 0 aliphatic carbocycles. The van der Waals surface area contributed by atoms with Crippen LogP contribution in [0.1, 0.15) is 27.2 Å². The van der Waals surface area contributed by atoms with Gasteiger partial charge in [0.25, 0.3) is 0 Å². The molecule has 1 fully saturated rings. The van der Waals surface area contributed by atoms with Gasteiger partial charge in [0.05, 0.1) is 6.61 Å². The molecule has 1 N–H and O–H groups in total. The van der Waals surface area contributed by atoms with E-state index in [0.717, 1.165) is 25.0 Å². The average molecular weight is 228 g/mol. The zero-order chi connectivity index (χ0) is 12.0. The first-order chi connectivity index (χ1) is 7.63. The van der Waals surface area contributed by atoms with Crippen molar-refractivity contribution < 1.29 is 4.74 Å². The minimum Gasteiger partial charge on any atom is -0.383 e. The maximum atomic E-state index is 5.21. The number of likely N-dealkylation sites (tertiary alicyclic amines) is 1. The standard InChI is InChI=1S/C13H28N2O/c1-11(2)7-14-8-13-5-6-15(9-13)12(3)10-16-4/h11-14H,5-10H2,1-4H3. The van der Waals surface area contributed by atoms with E-state index in [9.17, 15) is 0 Å². The van der Waals surface area contributed by atoms with Crippen LogP contribution in [0.15, 0.2) is 0 Å². The van der Waals surface area contributed by atoms with Crippen LogP contribution in [0.25, 0.3) is 0 Å². The Morgan fingerprint density at radius 3 is 2.75 bits per heavy atom. The van der Waals surface area contributed by atoms with Crippen molar-refractivity contribution in [2.24, 2.45) is 11.8 Å². The number of ether oxygens (including phenoxy) is 1. The van der Waals surface area contributed by atoms with Gasteiger partial charge < -0.3 is 10.1 Å². The monoisotopic (exact) mass is 228 g/mol. The largest absolute Gasteiger partial charge is 0.383 e. The highest BCUT2D eigenvalue weighted by Crippen LogP contribution is 2.18. The Balaban J connectivity index is 2.14. The van der Waals surface area contributed by atoms with Crippen LogP contribution in [0.5, 0.6) is 0 Å². The van der Waals surface area contributed by atoms with Gasteiger partial charge in [-0.3, -0.25) is 4.90 Å². The molecule has 16 heavy (non-hydrogen) atoms. The predicted octanol–water partition coefficient (Wildman–Crippen LogP) is 1.59. The molecule has 0 bridgehead atoms. The Morgan fingerprint density at radius 1 is 1.38 bits per heavy atom. The van der Waals surface area contributed by atoms with E-state index in [2.05, 4.69) is 31.0 Å². The topological polar surface area (TPSA) is 24.5 Å². The van der Waals surface area contributed by atoms with Gasteiger partial charge in [0, 0.05) is 19.7 Å². The first-order valence-electron chi connectivity index (χ1n) is 6.57. The van der Waals surface area contributed by atoms with Crippen LogP contribution in [0, 0.1) is 11.8 Å². The fourth-order valence-electron chi connectivity index (χ4n) is 2.35. The first-order valence-corrected chi connectivity index (χ1v) is 6.57. The Morgan fingerprint density at radius 2 is 2.12 bits per heavy atom. The van der Waals surface area contributed by atoms with E-state index >= 15 is 0 Å². The number of nitrogens with zero attached hydrogens (tertiary/aromatic N) is 1. The molecule has 0 aromatic carbocycles. The van der Waals surface area contributed by atoms with Gasteiger partial charge in [-0.05, 0) is 44.8 Å². The third-order valence-corrected chi connectivity index (χ3v) is 3.33. The zero-order valence-corrected chi connectivity index (χ0v) is 11.3. The summed E-state index contributed by atoms with van der Waals surface area (Å²) in [6.07, 6.45) is 1.33. The molecule has 0 amide bonds. The summed E-state index contributed by atoms with van der Waals surface area (Å²) in [5.41, 5.74) is 0. The molecule has 1 aliphatic rings. The minimum atomic E-state index is 0.570. The fourth-order valence-corrected chi connectivity index (χ4v) is 2.35. The lowest BCUT2D eigenvalue weighted by molar-refractivity contribution is 0.112. The molecule has 0 radical (unpaired) electrons. The van der Waals surface area contributed by atoms with Crippen LogP contribution in [-0.2, 0) is 4.74 Å². The average Bonchev–Trinajstić information content (AvgIpc) is 2.66. The second-order valence-electron chi connectivity index (χ2n) is 5.51. The van der Waals surface area contributed by atoms with Crippen molar-refractivity contribution in [3.8, 4) is 0 Å². The Kier molecular flexibility index (Phi) is 6.32. The van der Waals surface area contributed by atoms with Crippen LogP contribution in [0.4, 0.5) is 0 Å². The van der Waals surface area contributed by atoms with E-state index in [4.69, 9.17) is 4.74 Å². The second-order valence-corrected chi connectivity index (χ2v) is 5.51. The molecule has 0 saturated carbocycles. The Labute approximate surface area is 101 Å². The van der Waals surface area contributed by atoms with Crippen LogP contribution < -0.4 is 5.32 Å². The molecule has 3 nitrogen and oxygen atoms in total. The van der Waals surface area contributed by atoms with E-state index in [1.165, 1.54) is 26.1 Å². The summed E-state index contributed by atoms with van der Waals surface area (Å²) in [6.45, 7) is 12.4. The van der Waals surface area contributed by atoms with Gasteiger partial charge in [-0.2, -0.15) is 0 Å². The number of methoxy groups -OCH3 is 1. The lowest BCUT2D eigenvalue weighted by Crippen LogP contribution is -2.35. The Hall–Kier alpha value is -0.120. The maximum Gasteiger partial charge on any atom is 0.0615 e. The van der Waals surface area contributed by atoms with Gasteiger partial charge in [-0.15, -0.1) is 0 Å². The molecule has 2 atom stereocenters. The predicted molar refractivity (Wildman–Crippen MR) is 68.7 cm³/mol. The maximum absolute atomic E-state index is 5.21. The van der Waals surface area contributed by atoms with Crippen molar-refractivity contribution in [2.45, 2.75) is 33.2 Å². The van der Waals surface area contributed by atoms with Crippen LogP contribution in [0.2, 0.25) is 0 Å². The third kappa shape index (κ3) is 4.81. The summed E-state index contributed by atoms with van der Waals surface area (Å²) < 4.78 is 5.21. The summed E-state index contributed by atoms with van der Waals surface area (Å²) in [5, 5.41) is 3.56. The van der Waals surface area contributed by atoms with Crippen molar-refractivity contribution in [1.29, 1.82) is 0 Å². The molecule has 3 heteroatoms. The molecule has 1 rings (SSSR count). The van der Waals surface area contributed by atoms with E-state index in [1.807, 2.05) is 0 Å². The smallest absolute Gasteiger partial charge is 0.0615 e. The normalized spacial score (nSPS) is 24.2. The SMILES string of the molecule is COCC(C)N1CCC(CNCC(C)C)C1. The highest BCUT2D eigenvalue weighted by atomic mass is 16.5. The molecule has 0 spiro atoms. The van der Waals surface area contributed by atoms with Gasteiger partial charge in [-0.25, -0.2) is 0 Å². The van der Waals surface area contributed by atoms with Gasteiger partial charge in [0.2, 0.25) is 0 Å². The van der Waals surface area contributed by atoms with Crippen molar-refractivity contribution in [2.75, 3.05) is 39.9 Å². The molecule has 1 saturated heterocycles. The summed E-state index contributed by atoms with van der Waals surface area (Å²) >= 11 is 0. The summed E-state index contributed by atoms with van der Waals surface area (Å²) in [7, 11) is 1.79. The highest BCUT2D eigenvalue weighted by Gasteiger charge is 2.25. The molecule has 1 heterocycles. The first kappa shape index (κ1) is 13.9. The molecular formula is C13H28N2O. The van der Waals surface area contributed by atoms with Crippen molar-refractivity contribution in [3.05, 3.63) is 0 Å². The van der Waals surface area contributed by atoms with Crippen LogP contribution in [-0.4, -0.2) is 50.8 Å². The molecule has 1 aliphatic heterocycles. The van der Waals surface area contributed by atoms with Gasteiger partial charge >= 0.3 is 0 Å². The van der Waals surface area contributed by atoms with Crippen molar-refractivity contribution in [1.82, 2.24) is 10.2 Å². The number of hydrogen-bond acceptors (Lipinski definition) is 3. The number of nitrogens with one attached hydrogen (secondary N) is 1. The fraction of sp³-hybridized carbons (Fsp3) is 1.00. The van der Waals surface area contributed by atoms with E-state index in [0.29, 0.717) is 6.04 Å². The molecule has 0 aromatic heterocycles. The number of rotatable bonds is 7. The molecule has 96 valence electrons. The Bertz CT molecular complexity index is 185. The third-order valence-electron chi connectivity index (χ3n) is 3.33. The van der Waals surface area contributed by atoms with Crippen molar-refractivity contribution in [3.63, 3.8) is 0 Å². The summed E-state index contributed by atoms with van der Waals surface area (Å²) in [4.78, 5) is 2.55.